The van der Waals surface area contributed by atoms with E-state index in [1.165, 1.54) is 18.3 Å². The van der Waals surface area contributed by atoms with Crippen LogP contribution in [-0.2, 0) is 16.6 Å². The third-order valence-corrected chi connectivity index (χ3v) is 6.27. The SMILES string of the molecule is CCOc1cc(C=NNS(=O)(=O)c2ccc(C)cc2)cc(Cl)c1OCc1ccccc1Cl. The molecule has 0 aliphatic carbocycles. The van der Waals surface area contributed by atoms with E-state index in [4.69, 9.17) is 32.7 Å². The van der Waals surface area contributed by atoms with Gasteiger partial charge in [-0.3, -0.25) is 0 Å². The van der Waals surface area contributed by atoms with E-state index in [9.17, 15) is 8.42 Å². The van der Waals surface area contributed by atoms with Crippen LogP contribution in [0.5, 0.6) is 11.5 Å². The number of nitrogens with one attached hydrogen (secondary N) is 1. The fourth-order valence-corrected chi connectivity index (χ4v) is 4.03. The Balaban J connectivity index is 1.77. The average Bonchev–Trinajstić information content (AvgIpc) is 2.75. The van der Waals surface area contributed by atoms with Gasteiger partial charge in [0.2, 0.25) is 0 Å². The average molecular weight is 493 g/mol. The molecule has 0 fully saturated rings. The number of aryl methyl sites for hydroxylation is 1. The third-order valence-electron chi connectivity index (χ3n) is 4.38. The summed E-state index contributed by atoms with van der Waals surface area (Å²) in [5.74, 6) is 0.778. The van der Waals surface area contributed by atoms with Crippen molar-refractivity contribution < 1.29 is 17.9 Å². The molecule has 0 amide bonds. The number of benzene rings is 3. The summed E-state index contributed by atoms with van der Waals surface area (Å²) in [6, 6.07) is 17.1. The summed E-state index contributed by atoms with van der Waals surface area (Å²) in [7, 11) is -3.78. The lowest BCUT2D eigenvalue weighted by atomic mass is 10.2. The second-order valence-electron chi connectivity index (χ2n) is 6.81. The van der Waals surface area contributed by atoms with Gasteiger partial charge in [-0.25, -0.2) is 4.83 Å². The lowest BCUT2D eigenvalue weighted by Gasteiger charge is -2.15. The minimum Gasteiger partial charge on any atom is -0.490 e. The van der Waals surface area contributed by atoms with Gasteiger partial charge >= 0.3 is 0 Å². The Hall–Kier alpha value is -2.74. The van der Waals surface area contributed by atoms with Crippen LogP contribution in [0.3, 0.4) is 0 Å². The van der Waals surface area contributed by atoms with Gasteiger partial charge in [-0.2, -0.15) is 13.5 Å². The number of hydrogen-bond acceptors (Lipinski definition) is 5. The lowest BCUT2D eigenvalue weighted by Crippen LogP contribution is -2.18. The van der Waals surface area contributed by atoms with Gasteiger partial charge in [-0.1, -0.05) is 59.1 Å². The Bertz CT molecular complexity index is 1210. The number of rotatable bonds is 9. The van der Waals surface area contributed by atoms with Gasteiger partial charge in [0.25, 0.3) is 10.0 Å². The maximum atomic E-state index is 12.4. The number of sulfonamides is 1. The summed E-state index contributed by atoms with van der Waals surface area (Å²) in [6.07, 6.45) is 1.35. The standard InChI is InChI=1S/C23H22Cl2N2O4S/c1-3-30-22-13-17(14-26-27-32(28,29)19-10-8-16(2)9-11-19)12-21(25)23(22)31-15-18-6-4-5-7-20(18)24/h4-14,27H,3,15H2,1-2H3. The first-order valence-electron chi connectivity index (χ1n) is 9.74. The summed E-state index contributed by atoms with van der Waals surface area (Å²) in [6.45, 7) is 4.31. The molecule has 9 heteroatoms. The zero-order valence-corrected chi connectivity index (χ0v) is 19.8. The maximum absolute atomic E-state index is 12.4. The molecule has 0 heterocycles. The summed E-state index contributed by atoms with van der Waals surface area (Å²) in [5, 5.41) is 4.74. The van der Waals surface area contributed by atoms with E-state index in [1.54, 1.807) is 30.3 Å². The Morgan fingerprint density at radius 1 is 1.00 bits per heavy atom. The van der Waals surface area contributed by atoms with E-state index >= 15 is 0 Å². The van der Waals surface area contributed by atoms with E-state index in [0.717, 1.165) is 11.1 Å². The van der Waals surface area contributed by atoms with Crippen molar-refractivity contribution in [2.24, 2.45) is 5.10 Å². The number of hydrazone groups is 1. The number of nitrogens with zero attached hydrogens (tertiary/aromatic N) is 1. The summed E-state index contributed by atoms with van der Waals surface area (Å²) in [4.78, 5) is 2.32. The first-order chi connectivity index (χ1) is 15.3. The van der Waals surface area contributed by atoms with E-state index in [0.29, 0.717) is 33.7 Å². The fraction of sp³-hybridized carbons (Fsp3) is 0.174. The fourth-order valence-electron chi connectivity index (χ4n) is 2.77. The molecule has 0 bridgehead atoms. The van der Waals surface area contributed by atoms with Crippen molar-refractivity contribution in [2.45, 2.75) is 25.3 Å². The molecule has 0 aliphatic rings. The summed E-state index contributed by atoms with van der Waals surface area (Å²) in [5.41, 5.74) is 2.31. The molecule has 3 rings (SSSR count). The first kappa shape index (κ1) is 23.9. The highest BCUT2D eigenvalue weighted by Crippen LogP contribution is 2.37. The maximum Gasteiger partial charge on any atom is 0.276 e. The van der Waals surface area contributed by atoms with Crippen molar-refractivity contribution in [1.29, 1.82) is 0 Å². The van der Waals surface area contributed by atoms with E-state index < -0.39 is 10.0 Å². The van der Waals surface area contributed by atoms with Gasteiger partial charge < -0.3 is 9.47 Å². The predicted octanol–water partition coefficient (Wildman–Crippen LogP) is 5.59. The molecule has 3 aromatic rings. The van der Waals surface area contributed by atoms with Crippen LogP contribution in [0.25, 0.3) is 0 Å². The third kappa shape index (κ3) is 6.16. The second-order valence-corrected chi connectivity index (χ2v) is 9.28. The van der Waals surface area contributed by atoms with Crippen LogP contribution >= 0.6 is 23.2 Å². The molecule has 168 valence electrons. The molecule has 0 aromatic heterocycles. The van der Waals surface area contributed by atoms with Crippen LogP contribution in [0.15, 0.2) is 70.7 Å². The van der Waals surface area contributed by atoms with Crippen molar-refractivity contribution in [3.63, 3.8) is 0 Å². The Morgan fingerprint density at radius 2 is 1.72 bits per heavy atom. The zero-order valence-electron chi connectivity index (χ0n) is 17.5. The molecule has 32 heavy (non-hydrogen) atoms. The van der Waals surface area contributed by atoms with E-state index in [1.807, 2.05) is 32.0 Å². The minimum atomic E-state index is -3.78. The zero-order chi connectivity index (χ0) is 23.1. The minimum absolute atomic E-state index is 0.122. The lowest BCUT2D eigenvalue weighted by molar-refractivity contribution is 0.269. The Kier molecular flexibility index (Phi) is 8.01. The monoisotopic (exact) mass is 492 g/mol. The van der Waals surface area contributed by atoms with Crippen LogP contribution in [0, 0.1) is 6.92 Å². The largest absolute Gasteiger partial charge is 0.490 e. The first-order valence-corrected chi connectivity index (χ1v) is 12.0. The summed E-state index contributed by atoms with van der Waals surface area (Å²) >= 11 is 12.6. The van der Waals surface area contributed by atoms with Crippen molar-refractivity contribution in [3.8, 4) is 11.5 Å². The molecule has 0 radical (unpaired) electrons. The van der Waals surface area contributed by atoms with Crippen LogP contribution in [0.4, 0.5) is 0 Å². The topological polar surface area (TPSA) is 77.0 Å². The van der Waals surface area contributed by atoms with Crippen molar-refractivity contribution in [3.05, 3.63) is 87.4 Å². The van der Waals surface area contributed by atoms with Gasteiger partial charge in [0.15, 0.2) is 11.5 Å². The molecule has 0 saturated carbocycles. The summed E-state index contributed by atoms with van der Waals surface area (Å²) < 4.78 is 36.3. The molecule has 0 saturated heterocycles. The molecule has 0 spiro atoms. The highest BCUT2D eigenvalue weighted by molar-refractivity contribution is 7.89. The Morgan fingerprint density at radius 3 is 2.41 bits per heavy atom. The highest BCUT2D eigenvalue weighted by Gasteiger charge is 2.14. The van der Waals surface area contributed by atoms with Gasteiger partial charge in [0, 0.05) is 10.6 Å². The molecule has 3 aromatic carbocycles. The molecular formula is C23H22Cl2N2O4S. The highest BCUT2D eigenvalue weighted by atomic mass is 35.5. The molecule has 0 unspecified atom stereocenters. The predicted molar refractivity (Wildman–Crippen MR) is 127 cm³/mol. The number of halogens is 2. The van der Waals surface area contributed by atoms with Gasteiger partial charge in [0.1, 0.15) is 6.61 Å². The van der Waals surface area contributed by atoms with Gasteiger partial charge in [-0.05, 0) is 49.7 Å². The quantitative estimate of drug-likeness (QED) is 0.311. The number of ether oxygens (including phenoxy) is 2. The Labute approximate surface area is 197 Å². The van der Waals surface area contributed by atoms with E-state index in [-0.39, 0.29) is 11.5 Å². The molecule has 0 atom stereocenters. The molecule has 6 nitrogen and oxygen atoms in total. The van der Waals surface area contributed by atoms with Crippen molar-refractivity contribution in [2.75, 3.05) is 6.61 Å². The molecular weight excluding hydrogens is 471 g/mol. The second kappa shape index (κ2) is 10.7. The smallest absolute Gasteiger partial charge is 0.276 e. The number of hydrogen-bond donors (Lipinski definition) is 1. The van der Waals surface area contributed by atoms with Gasteiger partial charge in [0.05, 0.1) is 22.7 Å². The normalized spacial score (nSPS) is 11.5. The van der Waals surface area contributed by atoms with Crippen LogP contribution < -0.4 is 14.3 Å². The van der Waals surface area contributed by atoms with Crippen LogP contribution in [-0.4, -0.2) is 21.2 Å². The van der Waals surface area contributed by atoms with Crippen LogP contribution in [0.2, 0.25) is 10.0 Å². The van der Waals surface area contributed by atoms with Crippen LogP contribution in [0.1, 0.15) is 23.6 Å². The van der Waals surface area contributed by atoms with Crippen molar-refractivity contribution in [1.82, 2.24) is 4.83 Å². The molecule has 0 aliphatic heterocycles. The van der Waals surface area contributed by atoms with E-state index in [2.05, 4.69) is 9.93 Å². The van der Waals surface area contributed by atoms with Crippen molar-refractivity contribution >= 4 is 39.4 Å². The van der Waals surface area contributed by atoms with Gasteiger partial charge in [-0.15, -0.1) is 0 Å². The molecule has 1 N–H and O–H groups in total.